The summed E-state index contributed by atoms with van der Waals surface area (Å²) in [5, 5.41) is 30.8. The molecule has 1 aliphatic rings. The van der Waals surface area contributed by atoms with Gasteiger partial charge in [-0.3, -0.25) is 4.79 Å². The molecular formula is C13H18BNO4. The van der Waals surface area contributed by atoms with Crippen LogP contribution in [0.3, 0.4) is 0 Å². The van der Waals surface area contributed by atoms with E-state index < -0.39 is 19.0 Å². The second-order valence-corrected chi connectivity index (χ2v) is 5.02. The minimum atomic E-state index is -1.52. The van der Waals surface area contributed by atoms with Crippen molar-refractivity contribution in [3.05, 3.63) is 29.8 Å². The van der Waals surface area contributed by atoms with Gasteiger partial charge in [0.05, 0.1) is 5.92 Å². The van der Waals surface area contributed by atoms with Gasteiger partial charge < -0.3 is 20.5 Å². The predicted octanol–water partition coefficient (Wildman–Crippen LogP) is -0.781. The van der Waals surface area contributed by atoms with Crippen LogP contribution in [-0.2, 0) is 11.2 Å². The Labute approximate surface area is 112 Å². The fourth-order valence-corrected chi connectivity index (χ4v) is 2.61. The lowest BCUT2D eigenvalue weighted by molar-refractivity contribution is -0.143. The standard InChI is InChI=1S/C13H18BNO4/c16-13(17)12(10-4-5-15-8-10)7-9-2-1-3-11(6-9)14(18)19/h1-3,6,10,12,15,18-19H,4-5,7-8H2,(H,16,17)/t10-,12-/m0/s1. The van der Waals surface area contributed by atoms with Gasteiger partial charge >= 0.3 is 13.1 Å². The summed E-state index contributed by atoms with van der Waals surface area (Å²) in [5.74, 6) is -1.08. The average Bonchev–Trinajstić information content (AvgIpc) is 2.89. The molecule has 0 unspecified atom stereocenters. The lowest BCUT2D eigenvalue weighted by atomic mass is 9.78. The summed E-state index contributed by atoms with van der Waals surface area (Å²) < 4.78 is 0. The zero-order chi connectivity index (χ0) is 13.8. The number of nitrogens with one attached hydrogen (secondary N) is 1. The number of hydrogen-bond acceptors (Lipinski definition) is 4. The topological polar surface area (TPSA) is 89.8 Å². The Hall–Kier alpha value is -1.37. The number of rotatable bonds is 5. The first kappa shape index (κ1) is 14.1. The first-order valence-corrected chi connectivity index (χ1v) is 6.46. The van der Waals surface area contributed by atoms with Crippen molar-refractivity contribution < 1.29 is 19.9 Å². The number of carbonyl (C=O) groups is 1. The maximum Gasteiger partial charge on any atom is 0.488 e. The van der Waals surface area contributed by atoms with Crippen molar-refractivity contribution in [2.75, 3.05) is 13.1 Å². The molecule has 0 aliphatic carbocycles. The van der Waals surface area contributed by atoms with Crippen molar-refractivity contribution >= 4 is 18.6 Å². The van der Waals surface area contributed by atoms with E-state index in [1.54, 1.807) is 18.2 Å². The van der Waals surface area contributed by atoms with Crippen LogP contribution in [0.2, 0.25) is 0 Å². The highest BCUT2D eigenvalue weighted by Gasteiger charge is 2.30. The molecule has 1 aromatic rings. The van der Waals surface area contributed by atoms with Gasteiger partial charge in [0.25, 0.3) is 0 Å². The molecule has 0 saturated carbocycles. The molecule has 1 heterocycles. The average molecular weight is 263 g/mol. The second kappa shape index (κ2) is 6.19. The van der Waals surface area contributed by atoms with Gasteiger partial charge in [-0.05, 0) is 42.9 Å². The van der Waals surface area contributed by atoms with Gasteiger partial charge in [0.15, 0.2) is 0 Å². The minimum absolute atomic E-state index is 0.139. The molecule has 1 aromatic carbocycles. The van der Waals surface area contributed by atoms with Crippen molar-refractivity contribution in [3.8, 4) is 0 Å². The van der Waals surface area contributed by atoms with E-state index >= 15 is 0 Å². The number of benzene rings is 1. The normalized spacial score (nSPS) is 20.2. The molecule has 1 aliphatic heterocycles. The Morgan fingerprint density at radius 1 is 1.47 bits per heavy atom. The van der Waals surface area contributed by atoms with Gasteiger partial charge in [-0.15, -0.1) is 0 Å². The lowest BCUT2D eigenvalue weighted by Gasteiger charge is -2.19. The molecule has 1 fully saturated rings. The molecule has 0 amide bonds. The third-order valence-corrected chi connectivity index (χ3v) is 3.69. The van der Waals surface area contributed by atoms with E-state index in [2.05, 4.69) is 5.32 Å². The Morgan fingerprint density at radius 2 is 2.26 bits per heavy atom. The summed E-state index contributed by atoms with van der Waals surface area (Å²) >= 11 is 0. The minimum Gasteiger partial charge on any atom is -0.481 e. The van der Waals surface area contributed by atoms with Crippen LogP contribution in [0.25, 0.3) is 0 Å². The van der Waals surface area contributed by atoms with Gasteiger partial charge in [0.1, 0.15) is 0 Å². The van der Waals surface area contributed by atoms with Gasteiger partial charge in [-0.1, -0.05) is 24.3 Å². The van der Waals surface area contributed by atoms with Crippen LogP contribution < -0.4 is 10.8 Å². The van der Waals surface area contributed by atoms with Gasteiger partial charge in [0, 0.05) is 0 Å². The molecule has 0 bridgehead atoms. The van der Waals surface area contributed by atoms with Crippen LogP contribution >= 0.6 is 0 Å². The number of carboxylic acid groups (broad SMARTS) is 1. The molecule has 0 spiro atoms. The first-order chi connectivity index (χ1) is 9.08. The Morgan fingerprint density at radius 3 is 2.84 bits per heavy atom. The summed E-state index contributed by atoms with van der Waals surface area (Å²) in [6.45, 7) is 1.60. The number of aliphatic carboxylic acids is 1. The maximum atomic E-state index is 11.4. The molecule has 19 heavy (non-hydrogen) atoms. The van der Waals surface area contributed by atoms with Crippen LogP contribution in [0.1, 0.15) is 12.0 Å². The molecule has 0 aromatic heterocycles. The van der Waals surface area contributed by atoms with Crippen LogP contribution in [-0.4, -0.2) is 41.3 Å². The van der Waals surface area contributed by atoms with Crippen molar-refractivity contribution in [3.63, 3.8) is 0 Å². The molecule has 0 radical (unpaired) electrons. The Bertz CT molecular complexity index is 446. The molecular weight excluding hydrogens is 245 g/mol. The zero-order valence-corrected chi connectivity index (χ0v) is 10.6. The molecule has 2 rings (SSSR count). The van der Waals surface area contributed by atoms with Gasteiger partial charge in [-0.2, -0.15) is 0 Å². The predicted molar refractivity (Wildman–Crippen MR) is 72.1 cm³/mol. The van der Waals surface area contributed by atoms with E-state index in [-0.39, 0.29) is 5.92 Å². The summed E-state index contributed by atoms with van der Waals surface area (Å²) in [6.07, 6.45) is 1.29. The second-order valence-electron chi connectivity index (χ2n) is 5.02. The fourth-order valence-electron chi connectivity index (χ4n) is 2.61. The van der Waals surface area contributed by atoms with E-state index in [9.17, 15) is 9.90 Å². The maximum absolute atomic E-state index is 11.4. The van der Waals surface area contributed by atoms with Crippen LogP contribution in [0, 0.1) is 11.8 Å². The molecule has 5 nitrogen and oxygen atoms in total. The molecule has 4 N–H and O–H groups in total. The van der Waals surface area contributed by atoms with E-state index in [0.29, 0.717) is 11.9 Å². The van der Waals surface area contributed by atoms with Gasteiger partial charge in [-0.25, -0.2) is 0 Å². The largest absolute Gasteiger partial charge is 0.488 e. The molecule has 1 saturated heterocycles. The molecule has 6 heteroatoms. The SMILES string of the molecule is O=C(O)[C@@H](Cc1cccc(B(O)O)c1)[C@H]1CCNC1. The highest BCUT2D eigenvalue weighted by molar-refractivity contribution is 6.58. The third kappa shape index (κ3) is 3.56. The highest BCUT2D eigenvalue weighted by atomic mass is 16.4. The van der Waals surface area contributed by atoms with Crippen LogP contribution in [0.15, 0.2) is 24.3 Å². The first-order valence-electron chi connectivity index (χ1n) is 6.46. The molecule has 2 atom stereocenters. The van der Waals surface area contributed by atoms with E-state index in [1.807, 2.05) is 6.07 Å². The zero-order valence-electron chi connectivity index (χ0n) is 10.6. The lowest BCUT2D eigenvalue weighted by Crippen LogP contribution is -2.31. The van der Waals surface area contributed by atoms with Crippen molar-refractivity contribution in [2.24, 2.45) is 11.8 Å². The third-order valence-electron chi connectivity index (χ3n) is 3.69. The van der Waals surface area contributed by atoms with Crippen molar-refractivity contribution in [2.45, 2.75) is 12.8 Å². The fraction of sp³-hybridized carbons (Fsp3) is 0.462. The van der Waals surface area contributed by atoms with E-state index in [1.165, 1.54) is 0 Å². The summed E-state index contributed by atoms with van der Waals surface area (Å²) in [6, 6.07) is 6.81. The number of hydrogen-bond donors (Lipinski definition) is 4. The highest BCUT2D eigenvalue weighted by Crippen LogP contribution is 2.23. The van der Waals surface area contributed by atoms with Crippen molar-refractivity contribution in [1.82, 2.24) is 5.32 Å². The monoisotopic (exact) mass is 263 g/mol. The summed E-state index contributed by atoms with van der Waals surface area (Å²) in [7, 11) is -1.52. The van der Waals surface area contributed by atoms with Gasteiger partial charge in [0.2, 0.25) is 0 Å². The number of carboxylic acids is 1. The molecule has 102 valence electrons. The summed E-state index contributed by atoms with van der Waals surface area (Å²) in [4.78, 5) is 11.4. The Balaban J connectivity index is 2.12. The smallest absolute Gasteiger partial charge is 0.481 e. The van der Waals surface area contributed by atoms with E-state index in [4.69, 9.17) is 10.0 Å². The summed E-state index contributed by atoms with van der Waals surface area (Å²) in [5.41, 5.74) is 1.22. The van der Waals surface area contributed by atoms with Crippen molar-refractivity contribution in [1.29, 1.82) is 0 Å². The van der Waals surface area contributed by atoms with Crippen LogP contribution in [0.5, 0.6) is 0 Å². The van der Waals surface area contributed by atoms with E-state index in [0.717, 1.165) is 25.1 Å². The van der Waals surface area contributed by atoms with Crippen LogP contribution in [0.4, 0.5) is 0 Å². The quantitative estimate of drug-likeness (QED) is 0.523. The Kier molecular flexibility index (Phi) is 4.58.